The molecule has 0 aliphatic heterocycles. The van der Waals surface area contributed by atoms with Crippen LogP contribution in [0.3, 0.4) is 0 Å². The summed E-state index contributed by atoms with van der Waals surface area (Å²) in [5, 5.41) is 5.95. The first-order valence-electron chi connectivity index (χ1n) is 6.59. The molecule has 0 aliphatic carbocycles. The molecule has 0 fully saturated rings. The zero-order valence-corrected chi connectivity index (χ0v) is 12.3. The third kappa shape index (κ3) is 3.08. The molecule has 0 aliphatic rings. The summed E-state index contributed by atoms with van der Waals surface area (Å²) >= 11 is 1.54. The summed E-state index contributed by atoms with van der Waals surface area (Å²) in [5.41, 5.74) is 3.15. The molecular formula is C16H14FN3S. The van der Waals surface area contributed by atoms with Crippen LogP contribution in [-0.2, 0) is 6.54 Å². The highest BCUT2D eigenvalue weighted by Gasteiger charge is 2.08. The number of nitrogens with one attached hydrogen (secondary N) is 1. The molecule has 3 nitrogen and oxygen atoms in total. The van der Waals surface area contributed by atoms with Crippen molar-refractivity contribution in [3.63, 3.8) is 0 Å². The molecule has 21 heavy (non-hydrogen) atoms. The van der Waals surface area contributed by atoms with Crippen LogP contribution in [0.2, 0.25) is 0 Å². The maximum atomic E-state index is 13.7. The SMILES string of the molecule is Cc1cccc(F)c1NCc1csc(-c2ccccn2)n1. The number of pyridine rings is 1. The van der Waals surface area contributed by atoms with Crippen LogP contribution < -0.4 is 5.32 Å². The molecule has 1 N–H and O–H groups in total. The Bertz CT molecular complexity index is 720. The minimum atomic E-state index is -0.241. The summed E-state index contributed by atoms with van der Waals surface area (Å²) in [6, 6.07) is 10.8. The number of para-hydroxylation sites is 1. The van der Waals surface area contributed by atoms with Gasteiger partial charge in [0, 0.05) is 11.6 Å². The standard InChI is InChI=1S/C16H14FN3S/c1-11-5-4-6-13(17)15(11)19-9-12-10-21-16(20-12)14-7-2-3-8-18-14/h2-8,10,19H,9H2,1H3. The van der Waals surface area contributed by atoms with Gasteiger partial charge < -0.3 is 5.32 Å². The van der Waals surface area contributed by atoms with E-state index in [1.54, 1.807) is 12.3 Å². The van der Waals surface area contributed by atoms with E-state index in [0.717, 1.165) is 22.0 Å². The molecule has 0 spiro atoms. The summed E-state index contributed by atoms with van der Waals surface area (Å²) < 4.78 is 13.7. The fourth-order valence-electron chi connectivity index (χ4n) is 2.03. The van der Waals surface area contributed by atoms with E-state index in [1.165, 1.54) is 17.4 Å². The first kappa shape index (κ1) is 13.7. The number of rotatable bonds is 4. The van der Waals surface area contributed by atoms with Crippen LogP contribution in [-0.4, -0.2) is 9.97 Å². The molecule has 1 aromatic carbocycles. The van der Waals surface area contributed by atoms with E-state index < -0.39 is 0 Å². The summed E-state index contributed by atoms with van der Waals surface area (Å²) in [6.45, 7) is 2.37. The molecule has 0 saturated heterocycles. The number of benzene rings is 1. The van der Waals surface area contributed by atoms with Crippen LogP contribution in [0, 0.1) is 12.7 Å². The highest BCUT2D eigenvalue weighted by molar-refractivity contribution is 7.13. The van der Waals surface area contributed by atoms with E-state index >= 15 is 0 Å². The predicted octanol–water partition coefficient (Wildman–Crippen LogP) is 4.26. The van der Waals surface area contributed by atoms with E-state index in [0.29, 0.717) is 12.2 Å². The first-order chi connectivity index (χ1) is 10.2. The van der Waals surface area contributed by atoms with Gasteiger partial charge in [-0.2, -0.15) is 0 Å². The van der Waals surface area contributed by atoms with Crippen LogP contribution in [0.4, 0.5) is 10.1 Å². The molecule has 2 heterocycles. The Balaban J connectivity index is 1.74. The Morgan fingerprint density at radius 3 is 2.86 bits per heavy atom. The zero-order chi connectivity index (χ0) is 14.7. The topological polar surface area (TPSA) is 37.8 Å². The molecule has 5 heteroatoms. The van der Waals surface area contributed by atoms with Crippen molar-refractivity contribution < 1.29 is 4.39 Å². The van der Waals surface area contributed by atoms with Gasteiger partial charge in [-0.25, -0.2) is 9.37 Å². The number of anilines is 1. The van der Waals surface area contributed by atoms with Crippen molar-refractivity contribution in [3.8, 4) is 10.7 Å². The van der Waals surface area contributed by atoms with Crippen LogP contribution in [0.15, 0.2) is 48.0 Å². The van der Waals surface area contributed by atoms with Crippen molar-refractivity contribution in [2.45, 2.75) is 13.5 Å². The Kier molecular flexibility index (Phi) is 3.92. The van der Waals surface area contributed by atoms with Gasteiger partial charge in [0.05, 0.1) is 23.6 Å². The summed E-state index contributed by atoms with van der Waals surface area (Å²) in [5.74, 6) is -0.241. The Labute approximate surface area is 126 Å². The van der Waals surface area contributed by atoms with Crippen LogP contribution >= 0.6 is 11.3 Å². The largest absolute Gasteiger partial charge is 0.377 e. The quantitative estimate of drug-likeness (QED) is 0.782. The second-order valence-corrected chi connectivity index (χ2v) is 5.50. The van der Waals surface area contributed by atoms with Gasteiger partial charge in [-0.3, -0.25) is 4.98 Å². The van der Waals surface area contributed by atoms with Gasteiger partial charge >= 0.3 is 0 Å². The summed E-state index contributed by atoms with van der Waals surface area (Å²) in [6.07, 6.45) is 1.75. The fourth-order valence-corrected chi connectivity index (χ4v) is 2.82. The molecule has 0 bridgehead atoms. The number of thiazole rings is 1. The summed E-state index contributed by atoms with van der Waals surface area (Å²) in [7, 11) is 0. The minimum Gasteiger partial charge on any atom is -0.377 e. The van der Waals surface area contributed by atoms with Crippen molar-refractivity contribution in [1.82, 2.24) is 9.97 Å². The van der Waals surface area contributed by atoms with E-state index in [9.17, 15) is 4.39 Å². The molecule has 0 radical (unpaired) electrons. The lowest BCUT2D eigenvalue weighted by atomic mass is 10.2. The van der Waals surface area contributed by atoms with E-state index in [1.807, 2.05) is 36.6 Å². The second kappa shape index (κ2) is 6.01. The smallest absolute Gasteiger partial charge is 0.146 e. The van der Waals surface area contributed by atoms with Crippen LogP contribution in [0.25, 0.3) is 10.7 Å². The lowest BCUT2D eigenvalue weighted by Gasteiger charge is -2.08. The first-order valence-corrected chi connectivity index (χ1v) is 7.47. The third-order valence-corrected chi connectivity index (χ3v) is 4.02. The number of hydrogen-bond donors (Lipinski definition) is 1. The van der Waals surface area contributed by atoms with Crippen LogP contribution in [0.5, 0.6) is 0 Å². The normalized spacial score (nSPS) is 10.6. The molecule has 3 aromatic rings. The molecule has 3 rings (SSSR count). The molecule has 2 aromatic heterocycles. The number of hydrogen-bond acceptors (Lipinski definition) is 4. The zero-order valence-electron chi connectivity index (χ0n) is 11.5. The van der Waals surface area contributed by atoms with E-state index in [2.05, 4.69) is 15.3 Å². The third-order valence-electron chi connectivity index (χ3n) is 3.10. The molecule has 0 saturated carbocycles. The molecule has 0 amide bonds. The predicted molar refractivity (Wildman–Crippen MR) is 83.8 cm³/mol. The van der Waals surface area contributed by atoms with Gasteiger partial charge in [0.1, 0.15) is 10.8 Å². The molecule has 106 valence electrons. The van der Waals surface area contributed by atoms with Crippen molar-refractivity contribution >= 4 is 17.0 Å². The van der Waals surface area contributed by atoms with Gasteiger partial charge in [0.2, 0.25) is 0 Å². The average molecular weight is 299 g/mol. The minimum absolute atomic E-state index is 0.241. The van der Waals surface area contributed by atoms with Crippen molar-refractivity contribution in [2.24, 2.45) is 0 Å². The van der Waals surface area contributed by atoms with E-state index in [4.69, 9.17) is 0 Å². The van der Waals surface area contributed by atoms with Crippen LogP contribution in [0.1, 0.15) is 11.3 Å². The maximum absolute atomic E-state index is 13.7. The van der Waals surface area contributed by atoms with Crippen molar-refractivity contribution in [2.75, 3.05) is 5.32 Å². The van der Waals surface area contributed by atoms with Crippen molar-refractivity contribution in [1.29, 1.82) is 0 Å². The lowest BCUT2D eigenvalue weighted by Crippen LogP contribution is -2.03. The fraction of sp³-hybridized carbons (Fsp3) is 0.125. The molecule has 0 unspecified atom stereocenters. The molecule has 0 atom stereocenters. The second-order valence-electron chi connectivity index (χ2n) is 4.64. The average Bonchev–Trinajstić information content (AvgIpc) is 2.97. The van der Waals surface area contributed by atoms with Gasteiger partial charge in [-0.15, -0.1) is 11.3 Å². The van der Waals surface area contributed by atoms with Crippen molar-refractivity contribution in [3.05, 3.63) is 65.0 Å². The van der Waals surface area contributed by atoms with Gasteiger partial charge in [0.15, 0.2) is 0 Å². The van der Waals surface area contributed by atoms with Gasteiger partial charge in [-0.05, 0) is 30.7 Å². The highest BCUT2D eigenvalue weighted by Crippen LogP contribution is 2.23. The van der Waals surface area contributed by atoms with Gasteiger partial charge in [-0.1, -0.05) is 18.2 Å². The van der Waals surface area contributed by atoms with Gasteiger partial charge in [0.25, 0.3) is 0 Å². The maximum Gasteiger partial charge on any atom is 0.146 e. The Morgan fingerprint density at radius 2 is 2.10 bits per heavy atom. The Morgan fingerprint density at radius 1 is 1.19 bits per heavy atom. The summed E-state index contributed by atoms with van der Waals surface area (Å²) in [4.78, 5) is 8.80. The Hall–Kier alpha value is -2.27. The molecular weight excluding hydrogens is 285 g/mol. The number of aromatic nitrogens is 2. The number of nitrogens with zero attached hydrogens (tertiary/aromatic N) is 2. The monoisotopic (exact) mass is 299 g/mol. The number of aryl methyl sites for hydroxylation is 1. The lowest BCUT2D eigenvalue weighted by molar-refractivity contribution is 0.629. The van der Waals surface area contributed by atoms with E-state index in [-0.39, 0.29) is 5.82 Å². The highest BCUT2D eigenvalue weighted by atomic mass is 32.1. The number of halogens is 1.